The van der Waals surface area contributed by atoms with Crippen molar-refractivity contribution in [3.05, 3.63) is 11.1 Å². The normalized spacial score (nSPS) is 15.6. The second kappa shape index (κ2) is 8.76. The minimum absolute atomic E-state index is 0.0140. The molecular formula is C18H25N3O7S. The summed E-state index contributed by atoms with van der Waals surface area (Å²) in [5.74, 6) is -1.78. The minimum atomic E-state index is -1.38. The summed E-state index contributed by atoms with van der Waals surface area (Å²) in [6.07, 6.45) is 0.0689. The van der Waals surface area contributed by atoms with Gasteiger partial charge < -0.3 is 19.4 Å². The average Bonchev–Trinajstić information content (AvgIpc) is 3.23. The molecule has 0 saturated heterocycles. The van der Waals surface area contributed by atoms with E-state index in [1.165, 1.54) is 5.38 Å². The molecule has 1 aliphatic carbocycles. The van der Waals surface area contributed by atoms with Crippen LogP contribution in [0.15, 0.2) is 10.5 Å². The maximum Gasteiger partial charge on any atom is 0.413 e. The lowest BCUT2D eigenvalue weighted by Crippen LogP contribution is -2.29. The third-order valence-electron chi connectivity index (χ3n) is 3.49. The zero-order valence-corrected chi connectivity index (χ0v) is 17.8. The number of anilines is 1. The Labute approximate surface area is 172 Å². The summed E-state index contributed by atoms with van der Waals surface area (Å²) in [6.45, 7) is 9.19. The molecule has 1 aromatic heterocycles. The highest BCUT2D eigenvalue weighted by Gasteiger charge is 2.56. The molecule has 29 heavy (non-hydrogen) atoms. The van der Waals surface area contributed by atoms with Crippen LogP contribution in [0.25, 0.3) is 0 Å². The van der Waals surface area contributed by atoms with E-state index in [2.05, 4.69) is 15.5 Å². The number of nitrogens with one attached hydrogen (secondary N) is 1. The molecule has 1 saturated carbocycles. The molecule has 0 radical (unpaired) electrons. The van der Waals surface area contributed by atoms with Crippen molar-refractivity contribution in [3.8, 4) is 0 Å². The first-order valence-corrected chi connectivity index (χ1v) is 9.92. The average molecular weight is 427 g/mol. The zero-order chi connectivity index (χ0) is 21.8. The molecule has 160 valence electrons. The van der Waals surface area contributed by atoms with Crippen LogP contribution in [0.2, 0.25) is 0 Å². The van der Waals surface area contributed by atoms with Crippen LogP contribution in [0, 0.1) is 5.92 Å². The summed E-state index contributed by atoms with van der Waals surface area (Å²) >= 11 is 1.00. The number of ether oxygens (including phenoxy) is 2. The lowest BCUT2D eigenvalue weighted by atomic mass is 10.2. The summed E-state index contributed by atoms with van der Waals surface area (Å²) in [7, 11) is 0. The molecular weight excluding hydrogens is 402 g/mol. The highest BCUT2D eigenvalue weighted by atomic mass is 32.1. The highest BCUT2D eigenvalue weighted by molar-refractivity contribution is 7.14. The fourth-order valence-corrected chi connectivity index (χ4v) is 2.66. The number of aliphatic carboxylic acids is 1. The van der Waals surface area contributed by atoms with E-state index < -0.39 is 34.9 Å². The molecule has 1 fully saturated rings. The minimum Gasteiger partial charge on any atom is -0.476 e. The SMILES string of the molecule is CC(C)COC(=O)C1(O/N=C(\C(=O)O)c2csc(NC(=O)OC(C)(C)C)n2)CC1. The predicted octanol–water partition coefficient (Wildman–Crippen LogP) is 3.03. The topological polar surface area (TPSA) is 136 Å². The van der Waals surface area contributed by atoms with Crippen LogP contribution < -0.4 is 5.32 Å². The van der Waals surface area contributed by atoms with E-state index >= 15 is 0 Å². The van der Waals surface area contributed by atoms with Crippen LogP contribution in [-0.4, -0.2) is 51.6 Å². The fraction of sp³-hybridized carbons (Fsp3) is 0.611. The largest absolute Gasteiger partial charge is 0.476 e. The van der Waals surface area contributed by atoms with Crippen molar-refractivity contribution in [1.82, 2.24) is 4.98 Å². The molecule has 10 nitrogen and oxygen atoms in total. The molecule has 0 unspecified atom stereocenters. The van der Waals surface area contributed by atoms with Gasteiger partial charge in [0, 0.05) is 18.2 Å². The summed E-state index contributed by atoms with van der Waals surface area (Å²) in [4.78, 5) is 44.8. The van der Waals surface area contributed by atoms with Gasteiger partial charge in [-0.2, -0.15) is 0 Å². The Kier molecular flexibility index (Phi) is 6.83. The first kappa shape index (κ1) is 22.6. The number of thiazole rings is 1. The van der Waals surface area contributed by atoms with E-state index in [-0.39, 0.29) is 23.4 Å². The van der Waals surface area contributed by atoms with Crippen LogP contribution in [0.3, 0.4) is 0 Å². The molecule has 1 heterocycles. The smallest absolute Gasteiger partial charge is 0.413 e. The maximum absolute atomic E-state index is 12.2. The fourth-order valence-electron chi connectivity index (χ4n) is 1.98. The van der Waals surface area contributed by atoms with Gasteiger partial charge in [0.2, 0.25) is 11.3 Å². The number of aromatic nitrogens is 1. The molecule has 0 aliphatic heterocycles. The van der Waals surface area contributed by atoms with Gasteiger partial charge in [0.1, 0.15) is 11.3 Å². The number of nitrogens with zero attached hydrogens (tertiary/aromatic N) is 2. The van der Waals surface area contributed by atoms with Crippen molar-refractivity contribution in [2.75, 3.05) is 11.9 Å². The van der Waals surface area contributed by atoms with E-state index in [0.29, 0.717) is 12.8 Å². The number of carboxylic acid groups (broad SMARTS) is 1. The second-order valence-corrected chi connectivity index (χ2v) is 8.85. The summed E-state index contributed by atoms with van der Waals surface area (Å²) in [5.41, 5.74) is -2.43. The van der Waals surface area contributed by atoms with Gasteiger partial charge in [-0.3, -0.25) is 5.32 Å². The van der Waals surface area contributed by atoms with Gasteiger partial charge in [-0.1, -0.05) is 19.0 Å². The zero-order valence-electron chi connectivity index (χ0n) is 17.0. The Morgan fingerprint density at radius 3 is 2.52 bits per heavy atom. The number of esters is 1. The van der Waals surface area contributed by atoms with E-state index in [1.54, 1.807) is 20.8 Å². The van der Waals surface area contributed by atoms with Gasteiger partial charge in [-0.05, 0) is 26.7 Å². The molecule has 2 rings (SSSR count). The monoisotopic (exact) mass is 427 g/mol. The Morgan fingerprint density at radius 2 is 2.00 bits per heavy atom. The molecule has 0 bridgehead atoms. The standard InChI is InChI=1S/C18H25N3O7S/c1-10(2)8-26-14(24)18(6-7-18)28-21-12(13(22)23)11-9-29-15(19-11)20-16(25)27-17(3,4)5/h9-10H,6-8H2,1-5H3,(H,22,23)(H,19,20,25)/b21-12-. The Balaban J connectivity index is 2.07. The van der Waals surface area contributed by atoms with Gasteiger partial charge >= 0.3 is 18.0 Å². The number of carboxylic acids is 1. The van der Waals surface area contributed by atoms with Gasteiger partial charge in [-0.15, -0.1) is 11.3 Å². The van der Waals surface area contributed by atoms with Crippen LogP contribution >= 0.6 is 11.3 Å². The van der Waals surface area contributed by atoms with E-state index in [4.69, 9.17) is 14.3 Å². The van der Waals surface area contributed by atoms with Crippen LogP contribution in [0.5, 0.6) is 0 Å². The van der Waals surface area contributed by atoms with Crippen molar-refractivity contribution in [1.29, 1.82) is 0 Å². The Morgan fingerprint density at radius 1 is 1.34 bits per heavy atom. The van der Waals surface area contributed by atoms with Crippen molar-refractivity contribution in [2.24, 2.45) is 11.1 Å². The highest BCUT2D eigenvalue weighted by Crippen LogP contribution is 2.41. The van der Waals surface area contributed by atoms with Crippen molar-refractivity contribution in [3.63, 3.8) is 0 Å². The van der Waals surface area contributed by atoms with E-state index in [9.17, 15) is 19.5 Å². The van der Waals surface area contributed by atoms with Crippen molar-refractivity contribution >= 4 is 40.2 Å². The number of oxime groups is 1. The first-order valence-electron chi connectivity index (χ1n) is 9.04. The molecule has 11 heteroatoms. The Hall–Kier alpha value is -2.69. The molecule has 0 aromatic carbocycles. The molecule has 1 amide bonds. The quantitative estimate of drug-likeness (QED) is 0.367. The van der Waals surface area contributed by atoms with Gasteiger partial charge in [0.25, 0.3) is 0 Å². The molecule has 2 N–H and O–H groups in total. The number of carbonyl (C=O) groups excluding carboxylic acids is 2. The summed E-state index contributed by atoms with van der Waals surface area (Å²) < 4.78 is 10.3. The first-order chi connectivity index (χ1) is 13.4. The lowest BCUT2D eigenvalue weighted by molar-refractivity contribution is -0.161. The maximum atomic E-state index is 12.2. The predicted molar refractivity (Wildman–Crippen MR) is 105 cm³/mol. The second-order valence-electron chi connectivity index (χ2n) is 7.99. The van der Waals surface area contributed by atoms with Crippen LogP contribution in [0.4, 0.5) is 9.93 Å². The summed E-state index contributed by atoms with van der Waals surface area (Å²) in [5, 5.41) is 17.0. The number of carbonyl (C=O) groups is 3. The molecule has 1 aliphatic rings. The lowest BCUT2D eigenvalue weighted by Gasteiger charge is -2.18. The van der Waals surface area contributed by atoms with Crippen LogP contribution in [0.1, 0.15) is 53.2 Å². The molecule has 0 atom stereocenters. The van der Waals surface area contributed by atoms with Crippen LogP contribution in [-0.2, 0) is 23.9 Å². The number of amides is 1. The molecule has 1 aromatic rings. The third kappa shape index (κ3) is 6.70. The number of hydrogen-bond acceptors (Lipinski definition) is 9. The summed E-state index contributed by atoms with van der Waals surface area (Å²) in [6, 6.07) is 0. The van der Waals surface area contributed by atoms with Gasteiger partial charge in [0.15, 0.2) is 5.13 Å². The van der Waals surface area contributed by atoms with Gasteiger partial charge in [-0.25, -0.2) is 19.4 Å². The Bertz CT molecular complexity index is 807. The molecule has 0 spiro atoms. The third-order valence-corrected chi connectivity index (χ3v) is 4.25. The van der Waals surface area contributed by atoms with Crippen molar-refractivity contribution < 1.29 is 33.8 Å². The van der Waals surface area contributed by atoms with E-state index in [0.717, 1.165) is 11.3 Å². The number of hydrogen-bond donors (Lipinski definition) is 2. The van der Waals surface area contributed by atoms with E-state index in [1.807, 2.05) is 13.8 Å². The van der Waals surface area contributed by atoms with Crippen molar-refractivity contribution in [2.45, 2.75) is 58.7 Å². The van der Waals surface area contributed by atoms with Gasteiger partial charge in [0.05, 0.1) is 6.61 Å². The number of rotatable bonds is 8.